The van der Waals surface area contributed by atoms with Gasteiger partial charge in [-0.25, -0.2) is 0 Å². The van der Waals surface area contributed by atoms with Crippen LogP contribution in [-0.4, -0.2) is 23.2 Å². The highest BCUT2D eigenvalue weighted by Gasteiger charge is 2.20. The van der Waals surface area contributed by atoms with Gasteiger partial charge in [-0.15, -0.1) is 0 Å². The van der Waals surface area contributed by atoms with Gasteiger partial charge in [0.05, 0.1) is 12.1 Å². The Balaban J connectivity index is 2.58. The van der Waals surface area contributed by atoms with Gasteiger partial charge in [0.25, 0.3) is 0 Å². The summed E-state index contributed by atoms with van der Waals surface area (Å²) in [6.07, 6.45) is 1.47. The average Bonchev–Trinajstić information content (AvgIpc) is 2.38. The highest BCUT2D eigenvalue weighted by Crippen LogP contribution is 2.20. The van der Waals surface area contributed by atoms with Crippen molar-refractivity contribution in [3.8, 4) is 0 Å². The molecule has 0 aromatic heterocycles. The maximum Gasteiger partial charge on any atom is 0.221 e. The number of benzene rings is 1. The minimum atomic E-state index is -0.553. The molecule has 0 saturated heterocycles. The Morgan fingerprint density at radius 1 is 1.32 bits per heavy atom. The summed E-state index contributed by atoms with van der Waals surface area (Å²) in [5.41, 5.74) is 1.93. The number of nitrogens with one attached hydrogen (secondary N) is 1. The predicted molar refractivity (Wildman–Crippen MR) is 78.2 cm³/mol. The highest BCUT2D eigenvalue weighted by molar-refractivity contribution is 5.77. The minimum absolute atomic E-state index is 0.0221. The third kappa shape index (κ3) is 5.03. The van der Waals surface area contributed by atoms with Crippen molar-refractivity contribution in [3.63, 3.8) is 0 Å². The number of carbonyl (C=O) groups is 1. The van der Waals surface area contributed by atoms with E-state index in [0.717, 1.165) is 6.42 Å². The second-order valence-corrected chi connectivity index (χ2v) is 5.79. The number of aliphatic hydroxyl groups is 1. The Kier molecular flexibility index (Phi) is 5.55. The molecule has 0 saturated carbocycles. The Morgan fingerprint density at radius 2 is 1.89 bits per heavy atom. The van der Waals surface area contributed by atoms with Gasteiger partial charge < -0.3 is 10.4 Å². The van der Waals surface area contributed by atoms with Crippen molar-refractivity contribution in [2.45, 2.75) is 52.0 Å². The molecule has 0 fully saturated rings. The molecule has 1 atom stereocenters. The van der Waals surface area contributed by atoms with Crippen molar-refractivity contribution in [3.05, 3.63) is 35.4 Å². The molecule has 1 amide bonds. The van der Waals surface area contributed by atoms with E-state index in [0.29, 0.717) is 6.42 Å². The molecule has 0 aliphatic carbocycles. The fourth-order valence-corrected chi connectivity index (χ4v) is 1.95. The molecule has 2 N–H and O–H groups in total. The summed E-state index contributed by atoms with van der Waals surface area (Å²) in [6.45, 7) is 7.74. The van der Waals surface area contributed by atoms with Gasteiger partial charge in [-0.3, -0.25) is 4.79 Å². The lowest BCUT2D eigenvalue weighted by molar-refractivity contribution is -0.123. The van der Waals surface area contributed by atoms with Gasteiger partial charge in [0.1, 0.15) is 0 Å². The van der Waals surface area contributed by atoms with Gasteiger partial charge in [0.2, 0.25) is 5.91 Å². The van der Waals surface area contributed by atoms with Gasteiger partial charge in [-0.2, -0.15) is 0 Å². The van der Waals surface area contributed by atoms with Crippen LogP contribution in [0.1, 0.15) is 51.2 Å². The number of aliphatic hydroxyl groups excluding tert-OH is 1. The molecule has 3 nitrogen and oxygen atoms in total. The summed E-state index contributed by atoms with van der Waals surface area (Å²) < 4.78 is 0. The van der Waals surface area contributed by atoms with E-state index in [-0.39, 0.29) is 18.4 Å². The second-order valence-electron chi connectivity index (χ2n) is 5.79. The topological polar surface area (TPSA) is 49.3 Å². The first-order chi connectivity index (χ1) is 8.88. The summed E-state index contributed by atoms with van der Waals surface area (Å²) in [7, 11) is 0. The molecule has 0 aliphatic heterocycles. The average molecular weight is 263 g/mol. The lowest BCUT2D eigenvalue weighted by Gasteiger charge is -2.24. The number of amides is 1. The summed E-state index contributed by atoms with van der Waals surface area (Å²) in [6, 6.07) is 8.41. The maximum absolute atomic E-state index is 11.9. The fourth-order valence-electron chi connectivity index (χ4n) is 1.95. The van der Waals surface area contributed by atoms with Crippen LogP contribution in [0.4, 0.5) is 0 Å². The third-order valence-electron chi connectivity index (χ3n) is 3.32. The lowest BCUT2D eigenvalue weighted by Crippen LogP contribution is -2.46. The zero-order valence-corrected chi connectivity index (χ0v) is 12.4. The molecule has 19 heavy (non-hydrogen) atoms. The molecule has 1 aromatic carbocycles. The maximum atomic E-state index is 11.9. The largest absolute Gasteiger partial charge is 0.394 e. The van der Waals surface area contributed by atoms with Gasteiger partial charge in [0, 0.05) is 6.42 Å². The molecule has 1 rings (SSSR count). The van der Waals surface area contributed by atoms with Gasteiger partial charge >= 0.3 is 0 Å². The quantitative estimate of drug-likeness (QED) is 0.829. The van der Waals surface area contributed by atoms with E-state index >= 15 is 0 Å². The SMILES string of the molecule is CCc1ccc(C(C)CC(=O)NC(C)(C)CO)cc1. The Bertz CT molecular complexity index is 409. The van der Waals surface area contributed by atoms with Crippen LogP contribution in [0, 0.1) is 0 Å². The Hall–Kier alpha value is -1.35. The Morgan fingerprint density at radius 3 is 2.37 bits per heavy atom. The van der Waals surface area contributed by atoms with Gasteiger partial charge in [-0.1, -0.05) is 38.1 Å². The number of carbonyl (C=O) groups excluding carboxylic acids is 1. The summed E-state index contributed by atoms with van der Waals surface area (Å²) in [4.78, 5) is 11.9. The third-order valence-corrected chi connectivity index (χ3v) is 3.32. The lowest BCUT2D eigenvalue weighted by atomic mass is 9.95. The smallest absolute Gasteiger partial charge is 0.221 e. The van der Waals surface area contributed by atoms with Crippen LogP contribution in [-0.2, 0) is 11.2 Å². The van der Waals surface area contributed by atoms with Crippen LogP contribution in [0.3, 0.4) is 0 Å². The standard InChI is InChI=1S/C16H25NO2/c1-5-13-6-8-14(9-7-13)12(2)10-15(19)17-16(3,4)11-18/h6-9,12,18H,5,10-11H2,1-4H3,(H,17,19). The van der Waals surface area contributed by atoms with E-state index in [4.69, 9.17) is 5.11 Å². The van der Waals surface area contributed by atoms with Crippen molar-refractivity contribution in [1.82, 2.24) is 5.32 Å². The van der Waals surface area contributed by atoms with Crippen LogP contribution in [0.2, 0.25) is 0 Å². The monoisotopic (exact) mass is 263 g/mol. The Labute approximate surface area is 116 Å². The zero-order chi connectivity index (χ0) is 14.5. The number of hydrogen-bond donors (Lipinski definition) is 2. The van der Waals surface area contributed by atoms with Crippen LogP contribution in [0.25, 0.3) is 0 Å². The molecule has 1 aromatic rings. The number of rotatable bonds is 6. The number of hydrogen-bond acceptors (Lipinski definition) is 2. The number of aryl methyl sites for hydroxylation is 1. The van der Waals surface area contributed by atoms with Crippen molar-refractivity contribution >= 4 is 5.91 Å². The second kappa shape index (κ2) is 6.71. The molecule has 0 aliphatic rings. The molecule has 0 spiro atoms. The van der Waals surface area contributed by atoms with Crippen LogP contribution < -0.4 is 5.32 Å². The summed E-state index contributed by atoms with van der Waals surface area (Å²) in [5, 5.41) is 12.0. The van der Waals surface area contributed by atoms with Gasteiger partial charge in [-0.05, 0) is 37.3 Å². The summed E-state index contributed by atoms with van der Waals surface area (Å²) >= 11 is 0. The van der Waals surface area contributed by atoms with Crippen molar-refractivity contribution in [1.29, 1.82) is 0 Å². The molecule has 106 valence electrons. The van der Waals surface area contributed by atoms with E-state index < -0.39 is 5.54 Å². The van der Waals surface area contributed by atoms with Gasteiger partial charge in [0.15, 0.2) is 0 Å². The van der Waals surface area contributed by atoms with E-state index in [9.17, 15) is 4.79 Å². The normalized spacial score (nSPS) is 13.1. The minimum Gasteiger partial charge on any atom is -0.394 e. The molecule has 0 radical (unpaired) electrons. The van der Waals surface area contributed by atoms with Crippen molar-refractivity contribution < 1.29 is 9.90 Å². The molecule has 0 heterocycles. The van der Waals surface area contributed by atoms with Crippen LogP contribution in [0.5, 0.6) is 0 Å². The van der Waals surface area contributed by atoms with E-state index in [2.05, 4.69) is 36.5 Å². The van der Waals surface area contributed by atoms with E-state index in [1.54, 1.807) is 0 Å². The molecular weight excluding hydrogens is 238 g/mol. The first-order valence-electron chi connectivity index (χ1n) is 6.88. The van der Waals surface area contributed by atoms with Crippen molar-refractivity contribution in [2.75, 3.05) is 6.61 Å². The first kappa shape index (κ1) is 15.7. The summed E-state index contributed by atoms with van der Waals surface area (Å²) in [5.74, 6) is 0.159. The molecule has 0 bridgehead atoms. The fraction of sp³-hybridized carbons (Fsp3) is 0.562. The predicted octanol–water partition coefficient (Wildman–Crippen LogP) is 2.63. The molecule has 3 heteroatoms. The van der Waals surface area contributed by atoms with Crippen molar-refractivity contribution in [2.24, 2.45) is 0 Å². The molecular formula is C16H25NO2. The highest BCUT2D eigenvalue weighted by atomic mass is 16.3. The molecule has 1 unspecified atom stereocenters. The first-order valence-corrected chi connectivity index (χ1v) is 6.88. The van der Waals surface area contributed by atoms with E-state index in [1.807, 2.05) is 20.8 Å². The van der Waals surface area contributed by atoms with Crippen LogP contribution >= 0.6 is 0 Å². The van der Waals surface area contributed by atoms with Crippen LogP contribution in [0.15, 0.2) is 24.3 Å². The zero-order valence-electron chi connectivity index (χ0n) is 12.4. The van der Waals surface area contributed by atoms with E-state index in [1.165, 1.54) is 11.1 Å².